The van der Waals surface area contributed by atoms with Crippen molar-refractivity contribution in [3.8, 4) is 0 Å². The van der Waals surface area contributed by atoms with Crippen molar-refractivity contribution < 1.29 is 4.79 Å². The third-order valence-electron chi connectivity index (χ3n) is 2.96. The minimum Gasteiger partial charge on any atom is -0.298 e. The summed E-state index contributed by atoms with van der Waals surface area (Å²) < 4.78 is 1.80. The number of likely N-dealkylation sites (tertiary alicyclic amines) is 1. The van der Waals surface area contributed by atoms with Gasteiger partial charge in [-0.3, -0.25) is 14.4 Å². The standard InChI is InChI=1S/C11H16ClN3O/c1-8-11(12)10(14(2)13-8)7-15-5-3-4-9(16)6-15/h3-7H2,1-2H3. The maximum Gasteiger partial charge on any atom is 0.146 e. The number of nitrogens with zero attached hydrogens (tertiary/aromatic N) is 3. The summed E-state index contributed by atoms with van der Waals surface area (Å²) in [5, 5.41) is 4.99. The smallest absolute Gasteiger partial charge is 0.146 e. The number of Topliss-reactive ketones (excluding diaryl/α,β-unsaturated/α-hetero) is 1. The van der Waals surface area contributed by atoms with Crippen molar-refractivity contribution >= 4 is 17.4 Å². The molecule has 0 saturated carbocycles. The Morgan fingerprint density at radius 2 is 2.25 bits per heavy atom. The number of rotatable bonds is 2. The molecule has 0 radical (unpaired) electrons. The van der Waals surface area contributed by atoms with Crippen LogP contribution in [0.1, 0.15) is 24.2 Å². The van der Waals surface area contributed by atoms with Crippen molar-refractivity contribution in [1.82, 2.24) is 14.7 Å². The molecular weight excluding hydrogens is 226 g/mol. The second kappa shape index (κ2) is 4.55. The summed E-state index contributed by atoms with van der Waals surface area (Å²) in [7, 11) is 1.89. The van der Waals surface area contributed by atoms with Crippen molar-refractivity contribution in [3.05, 3.63) is 16.4 Å². The monoisotopic (exact) mass is 241 g/mol. The molecule has 0 bridgehead atoms. The lowest BCUT2D eigenvalue weighted by atomic mass is 10.1. The van der Waals surface area contributed by atoms with Gasteiger partial charge in [-0.2, -0.15) is 5.10 Å². The van der Waals surface area contributed by atoms with Crippen molar-refractivity contribution in [3.63, 3.8) is 0 Å². The number of hydrogen-bond acceptors (Lipinski definition) is 3. The van der Waals surface area contributed by atoms with E-state index in [9.17, 15) is 4.79 Å². The molecule has 0 spiro atoms. The Balaban J connectivity index is 2.11. The summed E-state index contributed by atoms with van der Waals surface area (Å²) in [6.07, 6.45) is 1.67. The van der Waals surface area contributed by atoms with E-state index in [0.717, 1.165) is 29.4 Å². The number of aromatic nitrogens is 2. The predicted molar refractivity (Wildman–Crippen MR) is 62.5 cm³/mol. The van der Waals surface area contributed by atoms with Gasteiger partial charge in [-0.25, -0.2) is 0 Å². The molecule has 1 aliphatic heterocycles. The van der Waals surface area contributed by atoms with Crippen LogP contribution >= 0.6 is 11.6 Å². The number of hydrogen-bond donors (Lipinski definition) is 0. The van der Waals surface area contributed by atoms with Crippen molar-refractivity contribution in [1.29, 1.82) is 0 Å². The molecule has 0 amide bonds. The molecule has 0 N–H and O–H groups in total. The van der Waals surface area contributed by atoms with Gasteiger partial charge >= 0.3 is 0 Å². The zero-order valence-corrected chi connectivity index (χ0v) is 10.4. The average molecular weight is 242 g/mol. The molecule has 0 aliphatic carbocycles. The molecule has 4 nitrogen and oxygen atoms in total. The second-order valence-electron chi connectivity index (χ2n) is 4.32. The molecule has 1 fully saturated rings. The summed E-state index contributed by atoms with van der Waals surface area (Å²) >= 11 is 6.17. The van der Waals surface area contributed by atoms with Crippen molar-refractivity contribution in [2.24, 2.45) is 7.05 Å². The summed E-state index contributed by atoms with van der Waals surface area (Å²) in [4.78, 5) is 13.5. The number of ketones is 1. The van der Waals surface area contributed by atoms with Crippen LogP contribution in [0.25, 0.3) is 0 Å². The molecule has 5 heteroatoms. The van der Waals surface area contributed by atoms with Crippen LogP contribution in [0.2, 0.25) is 5.02 Å². The van der Waals surface area contributed by atoms with Gasteiger partial charge in [0.2, 0.25) is 0 Å². The summed E-state index contributed by atoms with van der Waals surface area (Å²) in [5.41, 5.74) is 1.84. The fourth-order valence-corrected chi connectivity index (χ4v) is 2.33. The highest BCUT2D eigenvalue weighted by Crippen LogP contribution is 2.21. The lowest BCUT2D eigenvalue weighted by Gasteiger charge is -2.25. The quantitative estimate of drug-likeness (QED) is 0.789. The van der Waals surface area contributed by atoms with Gasteiger partial charge < -0.3 is 0 Å². The molecule has 1 saturated heterocycles. The molecular formula is C11H16ClN3O. The number of carbonyl (C=O) groups is 1. The first kappa shape index (κ1) is 11.6. The maximum atomic E-state index is 11.3. The normalized spacial score (nSPS) is 18.1. The number of aryl methyl sites for hydroxylation is 2. The largest absolute Gasteiger partial charge is 0.298 e. The van der Waals surface area contributed by atoms with Crippen LogP contribution in [-0.2, 0) is 18.4 Å². The molecule has 88 valence electrons. The Bertz CT molecular complexity index is 414. The van der Waals surface area contributed by atoms with Crippen LogP contribution in [0.4, 0.5) is 0 Å². The predicted octanol–water partition coefficient (Wildman–Crippen LogP) is 1.55. The van der Waals surface area contributed by atoms with E-state index in [-0.39, 0.29) is 0 Å². The Hall–Kier alpha value is -0.870. The zero-order valence-electron chi connectivity index (χ0n) is 9.66. The first-order valence-corrected chi connectivity index (χ1v) is 5.87. The van der Waals surface area contributed by atoms with Gasteiger partial charge in [0, 0.05) is 20.0 Å². The number of carbonyl (C=O) groups excluding carboxylic acids is 1. The first-order chi connectivity index (χ1) is 7.58. The number of halogens is 1. The van der Waals surface area contributed by atoms with Gasteiger partial charge in [0.15, 0.2) is 0 Å². The molecule has 2 rings (SSSR count). The van der Waals surface area contributed by atoms with Crippen LogP contribution < -0.4 is 0 Å². The van der Waals surface area contributed by atoms with Gasteiger partial charge in [0.1, 0.15) is 5.78 Å². The van der Waals surface area contributed by atoms with E-state index in [1.54, 1.807) is 4.68 Å². The van der Waals surface area contributed by atoms with E-state index in [4.69, 9.17) is 11.6 Å². The average Bonchev–Trinajstić information content (AvgIpc) is 2.45. The highest BCUT2D eigenvalue weighted by atomic mass is 35.5. The van der Waals surface area contributed by atoms with Crippen molar-refractivity contribution in [2.45, 2.75) is 26.3 Å². The molecule has 1 aliphatic rings. The van der Waals surface area contributed by atoms with Gasteiger partial charge in [0.05, 0.1) is 23.0 Å². The minimum atomic E-state index is 0.321. The van der Waals surface area contributed by atoms with Gasteiger partial charge in [-0.05, 0) is 19.9 Å². The zero-order chi connectivity index (χ0) is 11.7. The first-order valence-electron chi connectivity index (χ1n) is 5.50. The Kier molecular flexibility index (Phi) is 3.30. The topological polar surface area (TPSA) is 38.1 Å². The SMILES string of the molecule is Cc1nn(C)c(CN2CCCC(=O)C2)c1Cl. The Morgan fingerprint density at radius 3 is 2.81 bits per heavy atom. The fraction of sp³-hybridized carbons (Fsp3) is 0.636. The van der Waals surface area contributed by atoms with Crippen molar-refractivity contribution in [2.75, 3.05) is 13.1 Å². The molecule has 0 aromatic carbocycles. The van der Waals surface area contributed by atoms with E-state index >= 15 is 0 Å². The van der Waals surface area contributed by atoms with Crippen LogP contribution in [0.3, 0.4) is 0 Å². The number of piperidine rings is 1. The van der Waals surface area contributed by atoms with Gasteiger partial charge in [0.25, 0.3) is 0 Å². The molecule has 0 unspecified atom stereocenters. The molecule has 2 heterocycles. The highest BCUT2D eigenvalue weighted by molar-refractivity contribution is 6.31. The summed E-state index contributed by atoms with van der Waals surface area (Å²) in [6, 6.07) is 0. The van der Waals surface area contributed by atoms with Crippen LogP contribution in [0, 0.1) is 6.92 Å². The van der Waals surface area contributed by atoms with E-state index in [1.807, 2.05) is 14.0 Å². The van der Waals surface area contributed by atoms with Gasteiger partial charge in [-0.1, -0.05) is 11.6 Å². The van der Waals surface area contributed by atoms with E-state index in [2.05, 4.69) is 10.00 Å². The van der Waals surface area contributed by atoms with E-state index < -0.39 is 0 Å². The Morgan fingerprint density at radius 1 is 1.50 bits per heavy atom. The highest BCUT2D eigenvalue weighted by Gasteiger charge is 2.20. The van der Waals surface area contributed by atoms with Gasteiger partial charge in [-0.15, -0.1) is 0 Å². The lowest BCUT2D eigenvalue weighted by Crippen LogP contribution is -2.35. The van der Waals surface area contributed by atoms with E-state index in [0.29, 0.717) is 25.3 Å². The van der Waals surface area contributed by atoms with Crippen LogP contribution in [-0.4, -0.2) is 33.6 Å². The fourth-order valence-electron chi connectivity index (χ4n) is 2.11. The second-order valence-corrected chi connectivity index (χ2v) is 4.70. The van der Waals surface area contributed by atoms with Crippen LogP contribution in [0.15, 0.2) is 0 Å². The maximum absolute atomic E-state index is 11.3. The third kappa shape index (κ3) is 2.28. The van der Waals surface area contributed by atoms with E-state index in [1.165, 1.54) is 0 Å². The Labute approximate surface area is 100 Å². The van der Waals surface area contributed by atoms with Crippen LogP contribution in [0.5, 0.6) is 0 Å². The molecule has 0 atom stereocenters. The summed E-state index contributed by atoms with van der Waals surface area (Å²) in [5.74, 6) is 0.321. The minimum absolute atomic E-state index is 0.321. The summed E-state index contributed by atoms with van der Waals surface area (Å²) in [6.45, 7) is 4.11. The third-order valence-corrected chi connectivity index (χ3v) is 3.46. The lowest BCUT2D eigenvalue weighted by molar-refractivity contribution is -0.122. The molecule has 1 aromatic rings. The molecule has 1 aromatic heterocycles. The molecule has 16 heavy (non-hydrogen) atoms.